The van der Waals surface area contributed by atoms with Crippen LogP contribution in [0, 0.1) is 12.3 Å². The maximum atomic E-state index is 12.9. The van der Waals surface area contributed by atoms with Crippen LogP contribution < -0.4 is 4.74 Å². The molecule has 0 aromatic heterocycles. The average molecular weight is 412 g/mol. The fourth-order valence-corrected chi connectivity index (χ4v) is 4.53. The van der Waals surface area contributed by atoms with E-state index in [4.69, 9.17) is 9.47 Å². The van der Waals surface area contributed by atoms with Crippen LogP contribution in [-0.4, -0.2) is 11.9 Å². The van der Waals surface area contributed by atoms with Crippen molar-refractivity contribution in [3.8, 4) is 5.75 Å². The molecular formula is C27H24O4. The molecule has 1 atom stereocenters. The molecule has 0 amide bonds. The number of aryl methyl sites for hydroxylation is 1. The predicted molar refractivity (Wildman–Crippen MR) is 117 cm³/mol. The molecule has 0 fully saturated rings. The van der Waals surface area contributed by atoms with Crippen LogP contribution in [0.25, 0.3) is 0 Å². The second kappa shape index (κ2) is 6.55. The molecule has 0 bridgehead atoms. The van der Waals surface area contributed by atoms with Crippen LogP contribution in [0.15, 0.2) is 60.7 Å². The van der Waals surface area contributed by atoms with Gasteiger partial charge >= 0.3 is 11.9 Å². The molecular weight excluding hydrogens is 388 g/mol. The van der Waals surface area contributed by atoms with E-state index >= 15 is 0 Å². The van der Waals surface area contributed by atoms with Gasteiger partial charge in [-0.05, 0) is 63.4 Å². The number of ether oxygens (including phenoxy) is 2. The summed E-state index contributed by atoms with van der Waals surface area (Å²) < 4.78 is 11.8. The highest BCUT2D eigenvalue weighted by molar-refractivity contribution is 5.97. The van der Waals surface area contributed by atoms with Crippen LogP contribution in [0.3, 0.4) is 0 Å². The summed E-state index contributed by atoms with van der Waals surface area (Å²) in [5, 5.41) is 0. The van der Waals surface area contributed by atoms with Gasteiger partial charge in [-0.1, -0.05) is 48.0 Å². The first-order valence-electron chi connectivity index (χ1n) is 10.5. The Balaban J connectivity index is 1.71. The molecule has 156 valence electrons. The summed E-state index contributed by atoms with van der Waals surface area (Å²) in [5.74, 6) is -0.0993. The van der Waals surface area contributed by atoms with E-state index in [1.807, 2.05) is 76.2 Å². The van der Waals surface area contributed by atoms with Gasteiger partial charge in [-0.2, -0.15) is 0 Å². The number of hydrogen-bond donors (Lipinski definition) is 0. The van der Waals surface area contributed by atoms with Crippen LogP contribution in [-0.2, 0) is 21.6 Å². The quantitative estimate of drug-likeness (QED) is 0.401. The van der Waals surface area contributed by atoms with Crippen molar-refractivity contribution in [2.45, 2.75) is 39.7 Å². The largest absolute Gasteiger partial charge is 0.441 e. The van der Waals surface area contributed by atoms with Crippen LogP contribution in [0.2, 0.25) is 0 Å². The molecule has 5 rings (SSSR count). The normalized spacial score (nSPS) is 18.8. The SMILES string of the molecule is Cc1ccc2c(c1)C(=O)OC21c2ccccc2Cc2cc(OC(=O)C(C)(C)C)ccc21. The number of hydrogen-bond acceptors (Lipinski definition) is 4. The van der Waals surface area contributed by atoms with Crippen molar-refractivity contribution in [2.24, 2.45) is 5.41 Å². The van der Waals surface area contributed by atoms with E-state index in [1.54, 1.807) is 6.07 Å². The highest BCUT2D eigenvalue weighted by Crippen LogP contribution is 2.52. The third-order valence-corrected chi connectivity index (χ3v) is 6.08. The summed E-state index contributed by atoms with van der Waals surface area (Å²) in [5.41, 5.74) is 4.87. The van der Waals surface area contributed by atoms with Crippen molar-refractivity contribution in [3.05, 3.63) is 99.6 Å². The summed E-state index contributed by atoms with van der Waals surface area (Å²) in [6, 6.07) is 19.6. The first kappa shape index (κ1) is 19.6. The van der Waals surface area contributed by atoms with Gasteiger partial charge in [0, 0.05) is 16.7 Å². The van der Waals surface area contributed by atoms with Crippen molar-refractivity contribution in [2.75, 3.05) is 0 Å². The number of carbonyl (C=O) groups is 2. The Hall–Kier alpha value is -3.40. The van der Waals surface area contributed by atoms with E-state index in [9.17, 15) is 9.59 Å². The Morgan fingerprint density at radius 2 is 1.65 bits per heavy atom. The van der Waals surface area contributed by atoms with Crippen molar-refractivity contribution < 1.29 is 19.1 Å². The topological polar surface area (TPSA) is 52.6 Å². The lowest BCUT2D eigenvalue weighted by molar-refractivity contribution is -0.143. The van der Waals surface area contributed by atoms with Gasteiger partial charge in [-0.3, -0.25) is 4.79 Å². The van der Waals surface area contributed by atoms with Gasteiger partial charge in [-0.15, -0.1) is 0 Å². The van der Waals surface area contributed by atoms with Gasteiger partial charge in [0.1, 0.15) is 5.75 Å². The molecule has 1 aliphatic heterocycles. The van der Waals surface area contributed by atoms with Gasteiger partial charge in [0.05, 0.1) is 11.0 Å². The summed E-state index contributed by atoms with van der Waals surface area (Å²) in [7, 11) is 0. The minimum absolute atomic E-state index is 0.286. The van der Waals surface area contributed by atoms with E-state index in [-0.39, 0.29) is 11.9 Å². The fraction of sp³-hybridized carbons (Fsp3) is 0.259. The highest BCUT2D eigenvalue weighted by atomic mass is 16.6. The molecule has 0 N–H and O–H groups in total. The van der Waals surface area contributed by atoms with Crippen LogP contribution in [0.4, 0.5) is 0 Å². The summed E-state index contributed by atoms with van der Waals surface area (Å²) in [6.07, 6.45) is 0.674. The third-order valence-electron chi connectivity index (χ3n) is 6.08. The van der Waals surface area contributed by atoms with E-state index in [2.05, 4.69) is 6.07 Å². The van der Waals surface area contributed by atoms with E-state index < -0.39 is 11.0 Å². The first-order valence-corrected chi connectivity index (χ1v) is 10.5. The molecule has 1 unspecified atom stereocenters. The molecule has 0 radical (unpaired) electrons. The lowest BCUT2D eigenvalue weighted by Gasteiger charge is -2.37. The number of benzene rings is 3. The molecule has 3 aromatic carbocycles. The number of fused-ring (bicyclic) bond motifs is 6. The molecule has 4 heteroatoms. The Morgan fingerprint density at radius 1 is 0.935 bits per heavy atom. The average Bonchev–Trinajstić information content (AvgIpc) is 3.00. The number of rotatable bonds is 1. The van der Waals surface area contributed by atoms with Crippen molar-refractivity contribution in [3.63, 3.8) is 0 Å². The minimum Gasteiger partial charge on any atom is -0.441 e. The predicted octanol–water partition coefficient (Wildman–Crippen LogP) is 5.31. The maximum Gasteiger partial charge on any atom is 0.340 e. The van der Waals surface area contributed by atoms with Crippen LogP contribution in [0.1, 0.15) is 64.5 Å². The molecule has 0 saturated heterocycles. The number of esters is 2. The van der Waals surface area contributed by atoms with Crippen molar-refractivity contribution in [1.82, 2.24) is 0 Å². The molecule has 4 nitrogen and oxygen atoms in total. The summed E-state index contributed by atoms with van der Waals surface area (Å²) in [4.78, 5) is 25.3. The van der Waals surface area contributed by atoms with E-state index in [0.717, 1.165) is 33.4 Å². The second-order valence-electron chi connectivity index (χ2n) is 9.41. The van der Waals surface area contributed by atoms with Crippen LogP contribution >= 0.6 is 0 Å². The molecule has 1 heterocycles. The lowest BCUT2D eigenvalue weighted by Crippen LogP contribution is -2.35. The standard InChI is InChI=1S/C27H24O4/c1-16-9-11-23-20(13-16)24(28)31-27(23)21-8-6-5-7-17(21)14-18-15-19(10-12-22(18)27)30-25(29)26(2,3)4/h5-13,15H,14H2,1-4H3. The van der Waals surface area contributed by atoms with E-state index in [1.165, 1.54) is 0 Å². The third kappa shape index (κ3) is 2.89. The molecule has 1 spiro atoms. The highest BCUT2D eigenvalue weighted by Gasteiger charge is 2.52. The van der Waals surface area contributed by atoms with Gasteiger partial charge in [0.25, 0.3) is 0 Å². The minimum atomic E-state index is -0.989. The summed E-state index contributed by atoms with van der Waals surface area (Å²) >= 11 is 0. The van der Waals surface area contributed by atoms with Gasteiger partial charge < -0.3 is 9.47 Å². The zero-order valence-corrected chi connectivity index (χ0v) is 18.1. The zero-order chi connectivity index (χ0) is 22.0. The lowest BCUT2D eigenvalue weighted by atomic mass is 9.71. The second-order valence-corrected chi connectivity index (χ2v) is 9.41. The Bertz CT molecular complexity index is 1250. The molecule has 1 aliphatic carbocycles. The molecule has 0 saturated carbocycles. The zero-order valence-electron chi connectivity index (χ0n) is 18.1. The molecule has 2 aliphatic rings. The molecule has 31 heavy (non-hydrogen) atoms. The van der Waals surface area contributed by atoms with Gasteiger partial charge in [0.15, 0.2) is 5.60 Å². The van der Waals surface area contributed by atoms with Gasteiger partial charge in [0.2, 0.25) is 0 Å². The maximum absolute atomic E-state index is 12.9. The summed E-state index contributed by atoms with van der Waals surface area (Å²) in [6.45, 7) is 7.46. The fourth-order valence-electron chi connectivity index (χ4n) is 4.53. The Labute approximate surface area is 181 Å². The molecule has 3 aromatic rings. The smallest absolute Gasteiger partial charge is 0.340 e. The van der Waals surface area contributed by atoms with Crippen molar-refractivity contribution >= 4 is 11.9 Å². The Kier molecular flexibility index (Phi) is 4.13. The monoisotopic (exact) mass is 412 g/mol. The van der Waals surface area contributed by atoms with Crippen molar-refractivity contribution in [1.29, 1.82) is 0 Å². The number of carbonyl (C=O) groups excluding carboxylic acids is 2. The van der Waals surface area contributed by atoms with Gasteiger partial charge in [-0.25, -0.2) is 4.79 Å². The Morgan fingerprint density at radius 3 is 2.42 bits per heavy atom. The first-order chi connectivity index (χ1) is 14.7. The van der Waals surface area contributed by atoms with E-state index in [0.29, 0.717) is 17.7 Å². The van der Waals surface area contributed by atoms with Crippen LogP contribution in [0.5, 0.6) is 5.75 Å².